The van der Waals surface area contributed by atoms with E-state index in [1.54, 1.807) is 0 Å². The maximum Gasteiger partial charge on any atom is 0.180 e. The molecule has 2 aromatic rings. The minimum atomic E-state index is 0.733. The molecule has 0 fully saturated rings. The van der Waals surface area contributed by atoms with Gasteiger partial charge in [-0.1, -0.05) is 6.92 Å². The lowest BCUT2D eigenvalue weighted by Gasteiger charge is -2.08. The first-order valence-electron chi connectivity index (χ1n) is 6.34. The number of hydrogen-bond acceptors (Lipinski definition) is 4. The average Bonchev–Trinajstić information content (AvgIpc) is 2.77. The molecule has 18 heavy (non-hydrogen) atoms. The lowest BCUT2D eigenvalue weighted by Crippen LogP contribution is -2.05. The summed E-state index contributed by atoms with van der Waals surface area (Å²) in [6.45, 7) is 7.96. The van der Waals surface area contributed by atoms with Crippen LogP contribution in [0.3, 0.4) is 0 Å². The van der Waals surface area contributed by atoms with Crippen molar-refractivity contribution < 1.29 is 0 Å². The van der Waals surface area contributed by atoms with Gasteiger partial charge in [0.25, 0.3) is 0 Å². The Morgan fingerprint density at radius 2 is 2.11 bits per heavy atom. The van der Waals surface area contributed by atoms with Crippen LogP contribution in [0.15, 0.2) is 18.6 Å². The van der Waals surface area contributed by atoms with Gasteiger partial charge in [-0.2, -0.15) is 0 Å². The summed E-state index contributed by atoms with van der Waals surface area (Å²) in [6.07, 6.45) is 4.72. The van der Waals surface area contributed by atoms with Crippen LogP contribution in [0.4, 0.5) is 5.82 Å². The molecule has 0 saturated heterocycles. The van der Waals surface area contributed by atoms with Gasteiger partial charge in [-0.3, -0.25) is 0 Å². The molecule has 0 atom stereocenters. The van der Waals surface area contributed by atoms with E-state index in [4.69, 9.17) is 0 Å². The predicted molar refractivity (Wildman–Crippen MR) is 72.4 cm³/mol. The zero-order valence-corrected chi connectivity index (χ0v) is 11.1. The topological polar surface area (TPSA) is 55.6 Å². The van der Waals surface area contributed by atoms with Crippen LogP contribution in [0, 0.1) is 6.92 Å². The quantitative estimate of drug-likeness (QED) is 0.879. The fraction of sp³-hybridized carbons (Fsp3) is 0.462. The van der Waals surface area contributed by atoms with Gasteiger partial charge < -0.3 is 9.88 Å². The third-order valence-electron chi connectivity index (χ3n) is 2.62. The lowest BCUT2D eigenvalue weighted by atomic mass is 10.3. The smallest absolute Gasteiger partial charge is 0.180 e. The molecule has 0 spiro atoms. The molecule has 0 radical (unpaired) electrons. The summed E-state index contributed by atoms with van der Waals surface area (Å²) in [5, 5.41) is 3.22. The van der Waals surface area contributed by atoms with Gasteiger partial charge >= 0.3 is 0 Å². The largest absolute Gasteiger partial charge is 0.370 e. The summed E-state index contributed by atoms with van der Waals surface area (Å²) in [6, 6.07) is 1.95. The molecular formula is C13H19N5. The molecule has 0 amide bonds. The number of rotatable bonds is 5. The summed E-state index contributed by atoms with van der Waals surface area (Å²) in [5.41, 5.74) is 1.93. The molecule has 0 aliphatic carbocycles. The summed E-state index contributed by atoms with van der Waals surface area (Å²) in [7, 11) is 0. The normalized spacial score (nSPS) is 10.6. The highest BCUT2D eigenvalue weighted by molar-refractivity contribution is 5.52. The maximum absolute atomic E-state index is 4.53. The molecular weight excluding hydrogens is 226 g/mol. The molecule has 1 N–H and O–H groups in total. The number of anilines is 1. The maximum atomic E-state index is 4.53. The summed E-state index contributed by atoms with van der Waals surface area (Å²) < 4.78 is 2.09. The van der Waals surface area contributed by atoms with Crippen molar-refractivity contribution in [3.05, 3.63) is 24.3 Å². The van der Waals surface area contributed by atoms with E-state index in [0.717, 1.165) is 42.5 Å². The van der Waals surface area contributed by atoms with Crippen molar-refractivity contribution in [2.45, 2.75) is 33.7 Å². The summed E-state index contributed by atoms with van der Waals surface area (Å²) in [4.78, 5) is 13.2. The Kier molecular flexibility index (Phi) is 3.92. The SMILES string of the molecule is CCCn1cncc1-c1nc(C)cc(NCC)n1. The van der Waals surface area contributed by atoms with Gasteiger partial charge in [0.2, 0.25) is 0 Å². The molecule has 2 heterocycles. The van der Waals surface area contributed by atoms with Crippen LogP contribution in [0.2, 0.25) is 0 Å². The molecule has 0 aromatic carbocycles. The monoisotopic (exact) mass is 245 g/mol. The first-order chi connectivity index (χ1) is 8.74. The fourth-order valence-corrected chi connectivity index (χ4v) is 1.88. The van der Waals surface area contributed by atoms with Gasteiger partial charge in [0.05, 0.1) is 12.5 Å². The van der Waals surface area contributed by atoms with Crippen LogP contribution in [0.25, 0.3) is 11.5 Å². The molecule has 0 unspecified atom stereocenters. The third kappa shape index (κ3) is 2.67. The summed E-state index contributed by atoms with van der Waals surface area (Å²) >= 11 is 0. The van der Waals surface area contributed by atoms with E-state index >= 15 is 0 Å². The molecule has 0 aliphatic heterocycles. The van der Waals surface area contributed by atoms with E-state index in [1.165, 1.54) is 0 Å². The van der Waals surface area contributed by atoms with Gasteiger partial charge in [-0.15, -0.1) is 0 Å². The van der Waals surface area contributed by atoms with Gasteiger partial charge in [-0.25, -0.2) is 15.0 Å². The zero-order valence-electron chi connectivity index (χ0n) is 11.1. The predicted octanol–water partition coefficient (Wildman–Crippen LogP) is 2.49. The molecule has 0 saturated carbocycles. The van der Waals surface area contributed by atoms with E-state index in [9.17, 15) is 0 Å². The second-order valence-corrected chi connectivity index (χ2v) is 4.22. The van der Waals surface area contributed by atoms with Crippen molar-refractivity contribution in [3.63, 3.8) is 0 Å². The highest BCUT2D eigenvalue weighted by atomic mass is 15.1. The second kappa shape index (κ2) is 5.62. The minimum Gasteiger partial charge on any atom is -0.370 e. The molecule has 2 rings (SSSR count). The minimum absolute atomic E-state index is 0.733. The molecule has 0 aliphatic rings. The fourth-order valence-electron chi connectivity index (χ4n) is 1.88. The third-order valence-corrected chi connectivity index (χ3v) is 2.62. The van der Waals surface area contributed by atoms with E-state index in [1.807, 2.05) is 25.5 Å². The molecule has 5 nitrogen and oxygen atoms in total. The van der Waals surface area contributed by atoms with Crippen LogP contribution >= 0.6 is 0 Å². The van der Waals surface area contributed by atoms with Crippen LogP contribution < -0.4 is 5.32 Å². The number of imidazole rings is 1. The number of nitrogens with one attached hydrogen (secondary N) is 1. The average molecular weight is 245 g/mol. The Balaban J connectivity index is 2.39. The lowest BCUT2D eigenvalue weighted by molar-refractivity contribution is 0.681. The number of aryl methyl sites for hydroxylation is 2. The summed E-state index contributed by atoms with van der Waals surface area (Å²) in [5.74, 6) is 1.60. The van der Waals surface area contributed by atoms with Gasteiger partial charge in [-0.05, 0) is 20.3 Å². The standard InChI is InChI=1S/C13H19N5/c1-4-6-18-9-14-8-11(18)13-16-10(3)7-12(17-13)15-5-2/h7-9H,4-6H2,1-3H3,(H,15,16,17). The van der Waals surface area contributed by atoms with Crippen molar-refractivity contribution >= 4 is 5.82 Å². The van der Waals surface area contributed by atoms with Crippen molar-refractivity contribution in [2.75, 3.05) is 11.9 Å². The van der Waals surface area contributed by atoms with E-state index in [-0.39, 0.29) is 0 Å². The highest BCUT2D eigenvalue weighted by Gasteiger charge is 2.09. The van der Waals surface area contributed by atoms with E-state index < -0.39 is 0 Å². The van der Waals surface area contributed by atoms with E-state index in [0.29, 0.717) is 0 Å². The van der Waals surface area contributed by atoms with Crippen molar-refractivity contribution in [3.8, 4) is 11.5 Å². The molecule has 2 aromatic heterocycles. The Labute approximate surface area is 107 Å². The van der Waals surface area contributed by atoms with Gasteiger partial charge in [0, 0.05) is 24.8 Å². The van der Waals surface area contributed by atoms with Crippen molar-refractivity contribution in [2.24, 2.45) is 0 Å². The van der Waals surface area contributed by atoms with Crippen LogP contribution in [-0.2, 0) is 6.54 Å². The zero-order chi connectivity index (χ0) is 13.0. The highest BCUT2D eigenvalue weighted by Crippen LogP contribution is 2.17. The Hall–Kier alpha value is -1.91. The van der Waals surface area contributed by atoms with Gasteiger partial charge in [0.1, 0.15) is 11.5 Å². The first kappa shape index (κ1) is 12.5. The Bertz CT molecular complexity index is 518. The van der Waals surface area contributed by atoms with Crippen molar-refractivity contribution in [1.29, 1.82) is 0 Å². The van der Waals surface area contributed by atoms with Crippen molar-refractivity contribution in [1.82, 2.24) is 19.5 Å². The Morgan fingerprint density at radius 3 is 2.83 bits per heavy atom. The Morgan fingerprint density at radius 1 is 1.28 bits per heavy atom. The molecule has 5 heteroatoms. The molecule has 0 bridgehead atoms. The molecule has 96 valence electrons. The van der Waals surface area contributed by atoms with E-state index in [2.05, 4.69) is 38.7 Å². The number of hydrogen-bond donors (Lipinski definition) is 1. The second-order valence-electron chi connectivity index (χ2n) is 4.22. The van der Waals surface area contributed by atoms with Gasteiger partial charge in [0.15, 0.2) is 5.82 Å². The first-order valence-corrected chi connectivity index (χ1v) is 6.34. The van der Waals surface area contributed by atoms with Crippen LogP contribution in [0.1, 0.15) is 26.0 Å². The van der Waals surface area contributed by atoms with Crippen LogP contribution in [-0.4, -0.2) is 26.1 Å². The van der Waals surface area contributed by atoms with Crippen LogP contribution in [0.5, 0.6) is 0 Å². The number of nitrogens with zero attached hydrogens (tertiary/aromatic N) is 4. The number of aromatic nitrogens is 4.